The van der Waals surface area contributed by atoms with Gasteiger partial charge in [-0.2, -0.15) is 0 Å². The minimum absolute atomic E-state index is 0.0473. The Morgan fingerprint density at radius 2 is 1.28 bits per heavy atom. The van der Waals surface area contributed by atoms with Gasteiger partial charge in [-0.1, -0.05) is 68.5 Å². The quantitative estimate of drug-likeness (QED) is 0.243. The van der Waals surface area contributed by atoms with Crippen LogP contribution >= 0.6 is 0 Å². The minimum atomic E-state index is -0.407. The smallest absolute Gasteiger partial charge is 0.335 e. The Hall–Kier alpha value is -4.47. The predicted octanol–water partition coefficient (Wildman–Crippen LogP) is 6.54. The van der Waals surface area contributed by atoms with Crippen LogP contribution in [-0.4, -0.2) is 79.0 Å². The van der Waals surface area contributed by atoms with Gasteiger partial charge in [0, 0.05) is 71.2 Å². The normalized spacial score (nSPS) is 36.6. The van der Waals surface area contributed by atoms with E-state index in [2.05, 4.69) is 101 Å². The maximum atomic E-state index is 13.8. The average molecular weight is 727 g/mol. The number of ether oxygens (including phenoxy) is 2. The van der Waals surface area contributed by atoms with Crippen molar-refractivity contribution in [2.24, 2.45) is 10.8 Å². The van der Waals surface area contributed by atoms with Crippen LogP contribution in [0.3, 0.4) is 0 Å². The highest BCUT2D eigenvalue weighted by molar-refractivity contribution is 5.94. The third kappa shape index (κ3) is 3.99. The molecule has 0 amide bonds. The first-order valence-corrected chi connectivity index (χ1v) is 19.9. The second-order valence-electron chi connectivity index (χ2n) is 17.2. The number of fused-ring (bicyclic) bond motifs is 2. The number of benzene rings is 2. The van der Waals surface area contributed by atoms with Gasteiger partial charge in [0.15, 0.2) is 0 Å². The third-order valence-corrected chi connectivity index (χ3v) is 15.3. The lowest BCUT2D eigenvalue weighted by Crippen LogP contribution is -2.65. The summed E-state index contributed by atoms with van der Waals surface area (Å²) in [6.07, 6.45) is 12.5. The van der Waals surface area contributed by atoms with E-state index in [1.54, 1.807) is 6.92 Å². The van der Waals surface area contributed by atoms with Crippen molar-refractivity contribution in [2.75, 3.05) is 37.9 Å². The highest BCUT2D eigenvalue weighted by Crippen LogP contribution is 2.68. The molecule has 54 heavy (non-hydrogen) atoms. The molecule has 8 aliphatic rings. The van der Waals surface area contributed by atoms with E-state index in [1.807, 2.05) is 0 Å². The molecule has 2 saturated heterocycles. The molecule has 0 aromatic heterocycles. The molecule has 8 atom stereocenters. The summed E-state index contributed by atoms with van der Waals surface area (Å²) >= 11 is 0. The molecular weight excluding hydrogens is 677 g/mol. The number of ketones is 1. The van der Waals surface area contributed by atoms with Gasteiger partial charge in [-0.05, 0) is 74.3 Å². The molecule has 2 spiro atoms. The summed E-state index contributed by atoms with van der Waals surface area (Å²) in [6.45, 7) is 7.94. The van der Waals surface area contributed by atoms with Crippen molar-refractivity contribution in [3.8, 4) is 0 Å². The van der Waals surface area contributed by atoms with Gasteiger partial charge in [-0.15, -0.1) is 0 Å². The molecule has 10 rings (SSSR count). The molecule has 2 N–H and O–H groups in total. The van der Waals surface area contributed by atoms with E-state index in [4.69, 9.17) is 9.47 Å². The molecule has 2 aromatic carbocycles. The summed E-state index contributed by atoms with van der Waals surface area (Å²) in [5.74, 6) is -0.338. The lowest BCUT2D eigenvalue weighted by molar-refractivity contribution is -0.137. The number of nitrogens with one attached hydrogen (secondary N) is 2. The van der Waals surface area contributed by atoms with Crippen molar-refractivity contribution in [3.05, 3.63) is 106 Å². The predicted molar refractivity (Wildman–Crippen MR) is 207 cm³/mol. The number of methoxy groups -OCH3 is 2. The van der Waals surface area contributed by atoms with Crippen LogP contribution in [0.2, 0.25) is 0 Å². The Labute approximate surface area is 317 Å². The van der Waals surface area contributed by atoms with Gasteiger partial charge in [-0.25, -0.2) is 9.59 Å². The van der Waals surface area contributed by atoms with Gasteiger partial charge in [0.1, 0.15) is 5.78 Å². The van der Waals surface area contributed by atoms with Crippen LogP contribution in [-0.2, 0) is 34.7 Å². The number of carbonyl (C=O) groups is 3. The molecule has 2 aliphatic carbocycles. The Bertz CT molecular complexity index is 2170. The third-order valence-electron chi connectivity index (χ3n) is 15.3. The van der Waals surface area contributed by atoms with E-state index in [0.717, 1.165) is 72.7 Å². The molecule has 6 heterocycles. The SMILES string of the molecule is CC[C@]12C=C[C@H](C3=C[C@@]4(CC)CC(C(=O)OC)=C5Nc6ccccc6[C@@]56CCN([C@@H]3CC(C)=O)[C@@H]46)N3CC[C@]4(C(=C(C(=O)OC)C1)Nc1ccccc14)[C@@H]32. The Morgan fingerprint density at radius 3 is 1.81 bits per heavy atom. The Balaban J connectivity index is 1.18. The molecule has 0 bridgehead atoms. The van der Waals surface area contributed by atoms with Crippen molar-refractivity contribution in [3.63, 3.8) is 0 Å². The molecular formula is C45H50N4O5. The van der Waals surface area contributed by atoms with Crippen LogP contribution in [0.4, 0.5) is 11.4 Å². The first-order valence-electron chi connectivity index (χ1n) is 19.9. The van der Waals surface area contributed by atoms with E-state index < -0.39 is 10.8 Å². The van der Waals surface area contributed by atoms with Crippen molar-refractivity contribution in [2.45, 2.75) is 101 Å². The highest BCUT2D eigenvalue weighted by Gasteiger charge is 2.70. The van der Waals surface area contributed by atoms with Gasteiger partial charge in [-0.3, -0.25) is 14.6 Å². The fourth-order valence-electron chi connectivity index (χ4n) is 13.4. The molecule has 0 saturated carbocycles. The number of esters is 2. The number of para-hydroxylation sites is 2. The topological polar surface area (TPSA) is 100 Å². The molecule has 0 radical (unpaired) electrons. The molecule has 2 aromatic rings. The first-order chi connectivity index (χ1) is 26.1. The maximum Gasteiger partial charge on any atom is 0.335 e. The number of hydrogen-bond donors (Lipinski definition) is 2. The van der Waals surface area contributed by atoms with Crippen molar-refractivity contribution < 1.29 is 23.9 Å². The monoisotopic (exact) mass is 726 g/mol. The lowest BCUT2D eigenvalue weighted by atomic mass is 9.53. The Morgan fingerprint density at radius 1 is 0.759 bits per heavy atom. The summed E-state index contributed by atoms with van der Waals surface area (Å²) in [5, 5.41) is 7.49. The Kier molecular flexibility index (Phi) is 7.27. The number of carbonyl (C=O) groups excluding carboxylic acids is 3. The first kappa shape index (κ1) is 34.1. The van der Waals surface area contributed by atoms with Gasteiger partial charge >= 0.3 is 11.9 Å². The van der Waals surface area contributed by atoms with E-state index in [0.29, 0.717) is 19.3 Å². The fourth-order valence-corrected chi connectivity index (χ4v) is 13.4. The van der Waals surface area contributed by atoms with Crippen LogP contribution in [0.25, 0.3) is 0 Å². The summed E-state index contributed by atoms with van der Waals surface area (Å²) in [7, 11) is 2.98. The van der Waals surface area contributed by atoms with E-state index in [9.17, 15) is 14.4 Å². The number of Topliss-reactive ketones (excluding diaryl/α,β-unsaturated/α-hetero) is 1. The van der Waals surface area contributed by atoms with Gasteiger partial charge in [0.25, 0.3) is 0 Å². The standard InChI is InChI=1S/C45H50N4O5/c1-6-42-17-16-34(48-20-18-44(40(42)48)30-12-8-10-14-32(30)46-36(44)28(24-42)38(51)53-4)27-23-43(7-2)25-29(39(52)54-5)37-45(31-13-9-11-15-33(31)47-37)19-21-49(41(43)45)35(27)22-26(3)50/h8-17,23,34-35,40-41,46-47H,6-7,18-22,24-25H2,1-5H3/t34-,35-,40+,41+,42+,43+,44+,45+/m1/s1. The zero-order valence-corrected chi connectivity index (χ0v) is 32.0. The van der Waals surface area contributed by atoms with Gasteiger partial charge < -0.3 is 20.1 Å². The van der Waals surface area contributed by atoms with Crippen LogP contribution < -0.4 is 10.6 Å². The summed E-state index contributed by atoms with van der Waals surface area (Å²) in [4.78, 5) is 46.2. The number of hydrogen-bond acceptors (Lipinski definition) is 9. The van der Waals surface area contributed by atoms with Crippen LogP contribution in [0.5, 0.6) is 0 Å². The maximum absolute atomic E-state index is 13.8. The number of rotatable bonds is 7. The molecule has 9 nitrogen and oxygen atoms in total. The lowest BCUT2D eigenvalue weighted by Gasteiger charge is -2.59. The van der Waals surface area contributed by atoms with Gasteiger partial charge in [0.05, 0.1) is 42.2 Å². The van der Waals surface area contributed by atoms with E-state index in [1.165, 1.54) is 30.9 Å². The molecule has 2 fully saturated rings. The second-order valence-corrected chi connectivity index (χ2v) is 17.2. The van der Waals surface area contributed by atoms with Crippen LogP contribution in [0.15, 0.2) is 94.9 Å². The van der Waals surface area contributed by atoms with Crippen molar-refractivity contribution in [1.82, 2.24) is 9.80 Å². The number of anilines is 2. The zero-order chi connectivity index (χ0) is 37.4. The molecule has 280 valence electrons. The summed E-state index contributed by atoms with van der Waals surface area (Å²) in [6, 6.07) is 17.1. The van der Waals surface area contributed by atoms with Gasteiger partial charge in [0.2, 0.25) is 0 Å². The summed E-state index contributed by atoms with van der Waals surface area (Å²) in [5.41, 5.74) is 7.94. The summed E-state index contributed by atoms with van der Waals surface area (Å²) < 4.78 is 11.0. The fraction of sp³-hybridized carbons (Fsp3) is 0.489. The molecule has 6 aliphatic heterocycles. The second kappa shape index (κ2) is 11.5. The van der Waals surface area contributed by atoms with E-state index in [-0.39, 0.29) is 52.7 Å². The largest absolute Gasteiger partial charge is 0.466 e. The minimum Gasteiger partial charge on any atom is -0.466 e. The molecule has 0 unspecified atom stereocenters. The van der Waals surface area contributed by atoms with Crippen molar-refractivity contribution in [1.29, 1.82) is 0 Å². The molecule has 9 heteroatoms. The van der Waals surface area contributed by atoms with Crippen LogP contribution in [0, 0.1) is 10.8 Å². The van der Waals surface area contributed by atoms with E-state index >= 15 is 0 Å². The average Bonchev–Trinajstić information content (AvgIpc) is 3.97. The van der Waals surface area contributed by atoms with Crippen molar-refractivity contribution >= 4 is 29.1 Å². The number of nitrogens with zero attached hydrogens (tertiary/aromatic N) is 2. The zero-order valence-electron chi connectivity index (χ0n) is 32.0. The highest BCUT2D eigenvalue weighted by atomic mass is 16.5. The van der Waals surface area contributed by atoms with Crippen LogP contribution in [0.1, 0.15) is 76.8 Å².